The molecule has 3 aromatic rings. The SMILES string of the molecule is O=C(CNC(=O)c1cccc(F)c1)N/N=C/c1ccc2ccccc2c1. The Bertz CT molecular complexity index is 985. The third kappa shape index (κ3) is 4.51. The van der Waals surface area contributed by atoms with Crippen molar-refractivity contribution >= 4 is 28.8 Å². The lowest BCUT2D eigenvalue weighted by molar-refractivity contribution is -0.120. The number of nitrogens with one attached hydrogen (secondary N) is 2. The Balaban J connectivity index is 1.51. The summed E-state index contributed by atoms with van der Waals surface area (Å²) < 4.78 is 13.1. The summed E-state index contributed by atoms with van der Waals surface area (Å²) in [6.45, 7) is -0.260. The monoisotopic (exact) mass is 349 g/mol. The van der Waals surface area contributed by atoms with Crippen LogP contribution in [0.4, 0.5) is 4.39 Å². The highest BCUT2D eigenvalue weighted by atomic mass is 19.1. The molecule has 0 aromatic heterocycles. The number of halogens is 1. The Hall–Kier alpha value is -3.54. The van der Waals surface area contributed by atoms with Crippen molar-refractivity contribution in [1.29, 1.82) is 0 Å². The molecule has 0 heterocycles. The number of fused-ring (bicyclic) bond motifs is 1. The van der Waals surface area contributed by atoms with Crippen molar-refractivity contribution in [3.63, 3.8) is 0 Å². The smallest absolute Gasteiger partial charge is 0.259 e. The van der Waals surface area contributed by atoms with E-state index < -0.39 is 17.6 Å². The fourth-order valence-electron chi connectivity index (χ4n) is 2.40. The third-order valence-corrected chi connectivity index (χ3v) is 3.67. The average molecular weight is 349 g/mol. The fraction of sp³-hybridized carbons (Fsp3) is 0.0500. The molecule has 0 aliphatic rings. The van der Waals surface area contributed by atoms with Gasteiger partial charge in [-0.1, -0.05) is 42.5 Å². The molecule has 0 aliphatic carbocycles. The Morgan fingerprint density at radius 1 is 0.962 bits per heavy atom. The molecule has 0 fully saturated rings. The summed E-state index contributed by atoms with van der Waals surface area (Å²) in [6, 6.07) is 19.0. The van der Waals surface area contributed by atoms with Crippen LogP contribution < -0.4 is 10.7 Å². The third-order valence-electron chi connectivity index (χ3n) is 3.67. The Morgan fingerprint density at radius 2 is 1.77 bits per heavy atom. The first-order chi connectivity index (χ1) is 12.6. The van der Waals surface area contributed by atoms with Crippen molar-refractivity contribution in [2.45, 2.75) is 0 Å². The second-order valence-electron chi connectivity index (χ2n) is 5.59. The number of carbonyl (C=O) groups excluding carboxylic acids is 2. The molecule has 3 rings (SSSR count). The molecule has 2 N–H and O–H groups in total. The van der Waals surface area contributed by atoms with Crippen LogP contribution in [-0.2, 0) is 4.79 Å². The van der Waals surface area contributed by atoms with Gasteiger partial charge in [0.2, 0.25) is 0 Å². The maximum atomic E-state index is 13.1. The minimum Gasteiger partial charge on any atom is -0.343 e. The molecule has 0 aliphatic heterocycles. The van der Waals surface area contributed by atoms with Crippen molar-refractivity contribution in [3.8, 4) is 0 Å². The van der Waals surface area contributed by atoms with E-state index in [-0.39, 0.29) is 12.1 Å². The molecule has 0 saturated heterocycles. The second kappa shape index (κ2) is 8.02. The van der Waals surface area contributed by atoms with E-state index in [1.165, 1.54) is 24.4 Å². The minimum absolute atomic E-state index is 0.150. The number of rotatable bonds is 5. The molecule has 2 amide bonds. The quantitative estimate of drug-likeness (QED) is 0.549. The van der Waals surface area contributed by atoms with E-state index in [1.54, 1.807) is 0 Å². The van der Waals surface area contributed by atoms with E-state index >= 15 is 0 Å². The maximum Gasteiger partial charge on any atom is 0.259 e. The number of benzene rings is 3. The van der Waals surface area contributed by atoms with E-state index in [1.807, 2.05) is 42.5 Å². The van der Waals surface area contributed by atoms with E-state index in [9.17, 15) is 14.0 Å². The largest absolute Gasteiger partial charge is 0.343 e. The standard InChI is InChI=1S/C20H16FN3O2/c21-18-7-3-6-17(11-18)20(26)22-13-19(25)24-23-12-14-8-9-15-4-1-2-5-16(15)10-14/h1-12H,13H2,(H,22,26)(H,24,25)/b23-12+. The van der Waals surface area contributed by atoms with Crippen molar-refractivity contribution < 1.29 is 14.0 Å². The maximum absolute atomic E-state index is 13.1. The summed E-state index contributed by atoms with van der Waals surface area (Å²) >= 11 is 0. The van der Waals surface area contributed by atoms with Crippen molar-refractivity contribution in [2.24, 2.45) is 5.10 Å². The first kappa shape index (κ1) is 17.3. The molecule has 26 heavy (non-hydrogen) atoms. The van der Waals surface area contributed by atoms with Gasteiger partial charge in [-0.2, -0.15) is 5.10 Å². The van der Waals surface area contributed by atoms with Crippen LogP contribution in [0.5, 0.6) is 0 Å². The summed E-state index contributed by atoms with van der Waals surface area (Å²) in [5.41, 5.74) is 3.33. The highest BCUT2D eigenvalue weighted by Crippen LogP contribution is 2.14. The van der Waals surface area contributed by atoms with Gasteiger partial charge in [0, 0.05) is 5.56 Å². The zero-order chi connectivity index (χ0) is 18.4. The number of carbonyl (C=O) groups is 2. The number of hydrogen-bond donors (Lipinski definition) is 2. The summed E-state index contributed by atoms with van der Waals surface area (Å²) in [4.78, 5) is 23.6. The molecule has 0 radical (unpaired) electrons. The van der Waals surface area contributed by atoms with Crippen LogP contribution in [-0.4, -0.2) is 24.6 Å². The van der Waals surface area contributed by atoms with Crippen LogP contribution in [0.25, 0.3) is 10.8 Å². The Kier molecular flexibility index (Phi) is 5.34. The van der Waals surface area contributed by atoms with E-state index in [2.05, 4.69) is 15.8 Å². The summed E-state index contributed by atoms with van der Waals surface area (Å²) in [7, 11) is 0. The van der Waals surface area contributed by atoms with Crippen molar-refractivity contribution in [1.82, 2.24) is 10.7 Å². The molecular weight excluding hydrogens is 333 g/mol. The van der Waals surface area contributed by atoms with Gasteiger partial charge in [0.25, 0.3) is 11.8 Å². The average Bonchev–Trinajstić information content (AvgIpc) is 2.66. The van der Waals surface area contributed by atoms with Gasteiger partial charge in [0.15, 0.2) is 0 Å². The van der Waals surface area contributed by atoms with Gasteiger partial charge in [-0.05, 0) is 40.6 Å². The zero-order valence-corrected chi connectivity index (χ0v) is 13.8. The first-order valence-corrected chi connectivity index (χ1v) is 7.96. The molecule has 3 aromatic carbocycles. The van der Waals surface area contributed by atoms with E-state index in [0.29, 0.717) is 0 Å². The van der Waals surface area contributed by atoms with Crippen LogP contribution in [0.2, 0.25) is 0 Å². The summed E-state index contributed by atoms with van der Waals surface area (Å²) in [5, 5.41) is 8.48. The minimum atomic E-state index is -0.529. The normalized spacial score (nSPS) is 10.8. The molecule has 5 nitrogen and oxygen atoms in total. The van der Waals surface area contributed by atoms with Gasteiger partial charge in [-0.15, -0.1) is 0 Å². The number of hydrazone groups is 1. The van der Waals surface area contributed by atoms with Crippen molar-refractivity contribution in [3.05, 3.63) is 83.7 Å². The second-order valence-corrected chi connectivity index (χ2v) is 5.59. The van der Waals surface area contributed by atoms with Gasteiger partial charge in [0.05, 0.1) is 12.8 Å². The summed E-state index contributed by atoms with van der Waals surface area (Å²) in [5.74, 6) is -1.52. The Labute approximate surface area is 149 Å². The Morgan fingerprint density at radius 3 is 2.58 bits per heavy atom. The zero-order valence-electron chi connectivity index (χ0n) is 13.8. The van der Waals surface area contributed by atoms with Crippen LogP contribution in [0.1, 0.15) is 15.9 Å². The highest BCUT2D eigenvalue weighted by molar-refractivity contribution is 5.96. The summed E-state index contributed by atoms with van der Waals surface area (Å²) in [6.07, 6.45) is 1.53. The number of hydrogen-bond acceptors (Lipinski definition) is 3. The molecular formula is C20H16FN3O2. The fourth-order valence-corrected chi connectivity index (χ4v) is 2.40. The van der Waals surface area contributed by atoms with Crippen LogP contribution in [0, 0.1) is 5.82 Å². The highest BCUT2D eigenvalue weighted by Gasteiger charge is 2.08. The lowest BCUT2D eigenvalue weighted by atomic mass is 10.1. The number of nitrogens with zero attached hydrogens (tertiary/aromatic N) is 1. The first-order valence-electron chi connectivity index (χ1n) is 7.96. The molecule has 0 bridgehead atoms. The molecule has 130 valence electrons. The van der Waals surface area contributed by atoms with E-state index in [4.69, 9.17) is 0 Å². The predicted octanol–water partition coefficient (Wildman–Crippen LogP) is 2.86. The molecule has 0 saturated carbocycles. The molecule has 6 heteroatoms. The molecule has 0 unspecified atom stereocenters. The topological polar surface area (TPSA) is 70.6 Å². The predicted molar refractivity (Wildman–Crippen MR) is 98.4 cm³/mol. The van der Waals surface area contributed by atoms with Gasteiger partial charge >= 0.3 is 0 Å². The lowest BCUT2D eigenvalue weighted by Gasteiger charge is -2.04. The number of amides is 2. The lowest BCUT2D eigenvalue weighted by Crippen LogP contribution is -2.34. The van der Waals surface area contributed by atoms with Crippen LogP contribution in [0.3, 0.4) is 0 Å². The van der Waals surface area contributed by atoms with Gasteiger partial charge in [-0.25, -0.2) is 9.82 Å². The molecule has 0 spiro atoms. The van der Waals surface area contributed by atoms with Gasteiger partial charge in [0.1, 0.15) is 5.82 Å². The van der Waals surface area contributed by atoms with E-state index in [0.717, 1.165) is 22.4 Å². The van der Waals surface area contributed by atoms with Crippen molar-refractivity contribution in [2.75, 3.05) is 6.54 Å². The molecule has 0 atom stereocenters. The van der Waals surface area contributed by atoms with Crippen LogP contribution >= 0.6 is 0 Å². The van der Waals surface area contributed by atoms with Crippen LogP contribution in [0.15, 0.2) is 71.8 Å². The van der Waals surface area contributed by atoms with Gasteiger partial charge in [-0.3, -0.25) is 9.59 Å². The van der Waals surface area contributed by atoms with Gasteiger partial charge < -0.3 is 5.32 Å².